The molecule has 0 aliphatic rings. The van der Waals surface area contributed by atoms with Crippen LogP contribution in [-0.2, 0) is 63.2 Å². The van der Waals surface area contributed by atoms with Gasteiger partial charge in [0, 0.05) is 45.3 Å². The molecule has 0 heterocycles. The zero-order valence-corrected chi connectivity index (χ0v) is 42.2. The minimum atomic E-state index is -4.64. The van der Waals surface area contributed by atoms with Gasteiger partial charge in [-0.3, -0.25) is 38.1 Å². The van der Waals surface area contributed by atoms with Crippen molar-refractivity contribution in [1.29, 1.82) is 0 Å². The number of phenols is 2. The van der Waals surface area contributed by atoms with E-state index in [2.05, 4.69) is 44.6 Å². The van der Waals surface area contributed by atoms with Crippen LogP contribution in [0, 0.1) is 0 Å². The quantitative estimate of drug-likeness (QED) is 0.0317. The number of hydrogen-bond acceptors (Lipinski definition) is 13. The molecule has 2 unspecified atom stereocenters. The fourth-order valence-electron chi connectivity index (χ4n) is 6.41. The number of phenolic OH excluding ortho intramolecular Hbond substituents is 2. The third kappa shape index (κ3) is 31.4. The monoisotopic (exact) mass is 1030 g/mol. The predicted octanol–water partition coefficient (Wildman–Crippen LogP) is 4.23. The van der Waals surface area contributed by atoms with Crippen molar-refractivity contribution in [3.05, 3.63) is 89.5 Å². The molecule has 12 N–H and O–H groups in total. The topological polar surface area (TPSA) is 350 Å². The summed E-state index contributed by atoms with van der Waals surface area (Å²) in [5.41, 5.74) is 8.16. The van der Waals surface area contributed by atoms with Gasteiger partial charge in [0.25, 0.3) is 0 Å². The summed E-state index contributed by atoms with van der Waals surface area (Å²) in [5, 5.41) is 49.3. The first-order valence-corrected chi connectivity index (χ1v) is 25.4. The highest BCUT2D eigenvalue weighted by molar-refractivity contribution is 7.81. The number of rotatable bonds is 31. The summed E-state index contributed by atoms with van der Waals surface area (Å²) in [6, 6.07) is 16.5. The van der Waals surface area contributed by atoms with E-state index in [1.165, 1.54) is 36.4 Å². The Labute approximate surface area is 422 Å². The summed E-state index contributed by atoms with van der Waals surface area (Å²) in [4.78, 5) is 81.6. The van der Waals surface area contributed by atoms with Crippen LogP contribution in [0.4, 0.5) is 0 Å². The zero-order chi connectivity index (χ0) is 53.9. The van der Waals surface area contributed by atoms with Crippen molar-refractivity contribution >= 4 is 51.9 Å². The van der Waals surface area contributed by atoms with Crippen LogP contribution in [-0.4, -0.2) is 113 Å². The van der Waals surface area contributed by atoms with E-state index in [4.69, 9.17) is 25.6 Å². The van der Waals surface area contributed by atoms with Gasteiger partial charge in [-0.25, -0.2) is 0 Å². The molecule has 0 bridgehead atoms. The van der Waals surface area contributed by atoms with E-state index in [-0.39, 0.29) is 67.6 Å². The highest BCUT2D eigenvalue weighted by atomic mass is 32.3. The zero-order valence-electron chi connectivity index (χ0n) is 41.4. The standard InChI is InChI=1S/C18H26N2O8S.C18H26N2O5.C14H22N2O2/c1-2-3-4-11-19-18(24)15(20-16(21)9-10-17(22)23)12-13-5-7-14(8-6-13)28-29(25,26)27;1-2-3-4-11-19-18(25)15(20-16(22)9-10-17(23)24)12-13-5-7-14(21)8-6-13;1-2-3-4-9-16-14(18)13(15)10-11-5-7-12(17)8-6-11/h5-8,15H,2-4,9-12H2,1H3,(H,19,24)(H,20,21)(H,22,23)(H,25,26,27);5-8,15,21H,2-4,9-12H2,1H3,(H,19,25)(H,20,22)(H,23,24);5-8,13,17H,2-4,9-10,15H2,1H3,(H,16,18)/t;;13-/m..0/s1. The summed E-state index contributed by atoms with van der Waals surface area (Å²) in [5.74, 6) is -3.80. The first kappa shape index (κ1) is 63.2. The summed E-state index contributed by atoms with van der Waals surface area (Å²) >= 11 is 0. The molecule has 0 spiro atoms. The highest BCUT2D eigenvalue weighted by Gasteiger charge is 2.23. The normalized spacial score (nSPS) is 11.9. The number of carbonyl (C=O) groups excluding carboxylic acids is 5. The Morgan fingerprint density at radius 1 is 0.514 bits per heavy atom. The summed E-state index contributed by atoms with van der Waals surface area (Å²) in [6.45, 7) is 7.90. The van der Waals surface area contributed by atoms with Crippen molar-refractivity contribution < 1.29 is 71.1 Å². The molecule has 21 nitrogen and oxygen atoms in total. The van der Waals surface area contributed by atoms with Gasteiger partial charge in [-0.1, -0.05) is 95.7 Å². The molecule has 3 atom stereocenters. The molecule has 5 amide bonds. The van der Waals surface area contributed by atoms with Gasteiger partial charge in [0.1, 0.15) is 29.3 Å². The van der Waals surface area contributed by atoms with Gasteiger partial charge >= 0.3 is 22.3 Å². The Morgan fingerprint density at radius 2 is 0.847 bits per heavy atom. The van der Waals surface area contributed by atoms with Crippen molar-refractivity contribution in [3.63, 3.8) is 0 Å². The van der Waals surface area contributed by atoms with Crippen molar-refractivity contribution in [2.75, 3.05) is 19.6 Å². The van der Waals surface area contributed by atoms with Crippen LogP contribution in [0.1, 0.15) is 121 Å². The minimum absolute atomic E-state index is 0.102. The second kappa shape index (κ2) is 36.2. The first-order chi connectivity index (χ1) is 34.2. The van der Waals surface area contributed by atoms with E-state index >= 15 is 0 Å². The summed E-state index contributed by atoms with van der Waals surface area (Å²) in [6.07, 6.45) is 8.68. The summed E-state index contributed by atoms with van der Waals surface area (Å²) in [7, 11) is -4.64. The van der Waals surface area contributed by atoms with Crippen LogP contribution in [0.3, 0.4) is 0 Å². The maximum atomic E-state index is 12.5. The second-order valence-corrected chi connectivity index (χ2v) is 17.8. The molecule has 0 aliphatic heterocycles. The molecule has 3 rings (SSSR count). The lowest BCUT2D eigenvalue weighted by Gasteiger charge is -2.19. The fraction of sp³-hybridized carbons (Fsp3) is 0.500. The smallest absolute Gasteiger partial charge is 0.446 e. The van der Waals surface area contributed by atoms with Crippen molar-refractivity contribution in [1.82, 2.24) is 26.6 Å². The van der Waals surface area contributed by atoms with Gasteiger partial charge in [-0.05, 0) is 78.8 Å². The SMILES string of the molecule is CCCCCNC(=O)C(Cc1ccc(O)cc1)NC(=O)CCC(=O)O.CCCCCNC(=O)C(Cc1ccc(OS(=O)(=O)O)cc1)NC(=O)CCC(=O)O.CCCCCNC(=O)[C@@H](N)Cc1ccc(O)cc1. The predicted molar refractivity (Wildman–Crippen MR) is 269 cm³/mol. The number of carboxylic acids is 2. The molecule has 3 aromatic carbocycles. The molecular formula is C50H74N6O15S. The average molecular weight is 1030 g/mol. The van der Waals surface area contributed by atoms with Crippen LogP contribution in [0.25, 0.3) is 0 Å². The summed E-state index contributed by atoms with van der Waals surface area (Å²) < 4.78 is 34.4. The van der Waals surface area contributed by atoms with Gasteiger partial charge in [0.2, 0.25) is 29.5 Å². The molecule has 0 saturated heterocycles. The molecule has 0 aromatic heterocycles. The number of aliphatic carboxylic acids is 2. The van der Waals surface area contributed by atoms with Crippen LogP contribution >= 0.6 is 0 Å². The molecule has 0 saturated carbocycles. The molecule has 72 heavy (non-hydrogen) atoms. The highest BCUT2D eigenvalue weighted by Crippen LogP contribution is 2.16. The van der Waals surface area contributed by atoms with Crippen molar-refractivity contribution in [2.45, 2.75) is 142 Å². The third-order valence-electron chi connectivity index (χ3n) is 10.3. The number of aromatic hydroxyl groups is 2. The molecule has 400 valence electrons. The maximum Gasteiger partial charge on any atom is 0.446 e. The van der Waals surface area contributed by atoms with Gasteiger partial charge < -0.3 is 56.9 Å². The Balaban J connectivity index is 0.000000554. The number of hydrogen-bond donors (Lipinski definition) is 11. The lowest BCUT2D eigenvalue weighted by Crippen LogP contribution is -2.48. The Morgan fingerprint density at radius 3 is 1.18 bits per heavy atom. The van der Waals surface area contributed by atoms with Crippen LogP contribution in [0.5, 0.6) is 17.2 Å². The molecular weight excluding hydrogens is 957 g/mol. The lowest BCUT2D eigenvalue weighted by molar-refractivity contribution is -0.139. The van der Waals surface area contributed by atoms with E-state index in [0.717, 1.165) is 68.9 Å². The van der Waals surface area contributed by atoms with Crippen molar-refractivity contribution in [2.24, 2.45) is 5.73 Å². The first-order valence-electron chi connectivity index (χ1n) is 24.1. The third-order valence-corrected chi connectivity index (χ3v) is 10.7. The van der Waals surface area contributed by atoms with Crippen LogP contribution in [0.2, 0.25) is 0 Å². The molecule has 3 aromatic rings. The fourth-order valence-corrected chi connectivity index (χ4v) is 6.77. The number of carboxylic acid groups (broad SMARTS) is 2. The number of amides is 5. The molecule has 22 heteroatoms. The van der Waals surface area contributed by atoms with Crippen LogP contribution in [0.15, 0.2) is 72.8 Å². The lowest BCUT2D eigenvalue weighted by atomic mass is 10.0. The Kier molecular flexibility index (Phi) is 31.8. The number of carbonyl (C=O) groups is 7. The minimum Gasteiger partial charge on any atom is -0.508 e. The number of nitrogens with one attached hydrogen (secondary N) is 5. The largest absolute Gasteiger partial charge is 0.508 e. The van der Waals surface area contributed by atoms with E-state index < -0.39 is 58.2 Å². The average Bonchev–Trinajstić information content (AvgIpc) is 3.33. The Bertz CT molecular complexity index is 2210. The molecule has 0 radical (unpaired) electrons. The Hall–Kier alpha value is -6.78. The number of unbranched alkanes of at least 4 members (excludes halogenated alkanes) is 6. The van der Waals surface area contributed by atoms with Crippen molar-refractivity contribution in [3.8, 4) is 17.2 Å². The van der Waals surface area contributed by atoms with E-state index in [1.54, 1.807) is 36.4 Å². The second-order valence-electron chi connectivity index (χ2n) is 16.7. The number of nitrogens with two attached hydrogens (primary N) is 1. The maximum absolute atomic E-state index is 12.5. The molecule has 0 fully saturated rings. The van der Waals surface area contributed by atoms with Gasteiger partial charge in [0.05, 0.1) is 18.9 Å². The van der Waals surface area contributed by atoms with Crippen LogP contribution < -0.4 is 36.5 Å². The number of benzene rings is 3. The van der Waals surface area contributed by atoms with E-state index in [9.17, 15) is 47.1 Å². The van der Waals surface area contributed by atoms with Gasteiger partial charge in [-0.2, -0.15) is 8.42 Å². The molecule has 0 aliphatic carbocycles. The van der Waals surface area contributed by atoms with E-state index in [1.807, 2.05) is 6.92 Å². The van der Waals surface area contributed by atoms with Gasteiger partial charge in [-0.15, -0.1) is 0 Å². The van der Waals surface area contributed by atoms with Gasteiger partial charge in [0.15, 0.2) is 0 Å². The van der Waals surface area contributed by atoms with E-state index in [0.29, 0.717) is 31.6 Å².